The predicted molar refractivity (Wildman–Crippen MR) is 68.4 cm³/mol. The Hall–Kier alpha value is -1.75. The van der Waals surface area contributed by atoms with Crippen molar-refractivity contribution < 1.29 is 4.39 Å². The van der Waals surface area contributed by atoms with Gasteiger partial charge in [0.15, 0.2) is 0 Å². The smallest absolute Gasteiger partial charge is 0.142 e. The molecule has 18 heavy (non-hydrogen) atoms. The van der Waals surface area contributed by atoms with Gasteiger partial charge < -0.3 is 5.32 Å². The van der Waals surface area contributed by atoms with Crippen LogP contribution in [0.3, 0.4) is 0 Å². The van der Waals surface area contributed by atoms with Crippen molar-refractivity contribution in [3.05, 3.63) is 36.0 Å². The Morgan fingerprint density at radius 2 is 2.22 bits per heavy atom. The number of rotatable bonds is 5. The lowest BCUT2D eigenvalue weighted by Crippen LogP contribution is -2.13. The van der Waals surface area contributed by atoms with E-state index in [-0.39, 0.29) is 5.82 Å². The highest BCUT2D eigenvalue weighted by molar-refractivity contribution is 5.61. The minimum Gasteiger partial charge on any atom is -0.313 e. The molecule has 0 amide bonds. The Labute approximate surface area is 106 Å². The molecule has 0 bridgehead atoms. The molecule has 0 saturated carbocycles. The minimum atomic E-state index is -0.342. The summed E-state index contributed by atoms with van der Waals surface area (Å²) in [5.74, 6) is -0.342. The SMILES string of the molecule is CCCNCc1cn(C)nc1-c1cncc(F)c1. The van der Waals surface area contributed by atoms with Crippen LogP contribution in [0.25, 0.3) is 11.3 Å². The molecular weight excluding hydrogens is 231 g/mol. The van der Waals surface area contributed by atoms with Gasteiger partial charge in [0.1, 0.15) is 5.82 Å². The number of hydrogen-bond donors (Lipinski definition) is 1. The fourth-order valence-electron chi connectivity index (χ4n) is 1.85. The highest BCUT2D eigenvalue weighted by Gasteiger charge is 2.10. The maximum absolute atomic E-state index is 13.2. The third kappa shape index (κ3) is 2.92. The molecule has 0 radical (unpaired) electrons. The zero-order valence-corrected chi connectivity index (χ0v) is 10.7. The second-order valence-corrected chi connectivity index (χ2v) is 4.25. The normalized spacial score (nSPS) is 10.8. The van der Waals surface area contributed by atoms with Crippen LogP contribution in [-0.2, 0) is 13.6 Å². The van der Waals surface area contributed by atoms with Gasteiger partial charge in [0.05, 0.1) is 11.9 Å². The van der Waals surface area contributed by atoms with E-state index in [1.54, 1.807) is 10.9 Å². The summed E-state index contributed by atoms with van der Waals surface area (Å²) in [6.45, 7) is 3.80. The van der Waals surface area contributed by atoms with E-state index < -0.39 is 0 Å². The quantitative estimate of drug-likeness (QED) is 0.824. The molecule has 4 nitrogen and oxygen atoms in total. The lowest BCUT2D eigenvalue weighted by atomic mass is 10.1. The molecule has 96 valence electrons. The van der Waals surface area contributed by atoms with E-state index in [1.165, 1.54) is 12.3 Å². The van der Waals surface area contributed by atoms with Gasteiger partial charge in [-0.05, 0) is 19.0 Å². The molecule has 0 aliphatic carbocycles. The zero-order chi connectivity index (χ0) is 13.0. The minimum absolute atomic E-state index is 0.342. The number of halogens is 1. The van der Waals surface area contributed by atoms with E-state index in [4.69, 9.17) is 0 Å². The average molecular weight is 248 g/mol. The van der Waals surface area contributed by atoms with E-state index >= 15 is 0 Å². The molecular formula is C13H17FN4. The Kier molecular flexibility index (Phi) is 4.04. The van der Waals surface area contributed by atoms with Gasteiger partial charge in [0.25, 0.3) is 0 Å². The average Bonchev–Trinajstić information content (AvgIpc) is 2.71. The molecule has 0 aliphatic rings. The van der Waals surface area contributed by atoms with Crippen LogP contribution < -0.4 is 5.32 Å². The van der Waals surface area contributed by atoms with Crippen molar-refractivity contribution in [3.63, 3.8) is 0 Å². The number of aryl methyl sites for hydroxylation is 1. The van der Waals surface area contributed by atoms with Gasteiger partial charge in [0, 0.05) is 37.1 Å². The lowest BCUT2D eigenvalue weighted by molar-refractivity contribution is 0.621. The van der Waals surface area contributed by atoms with Crippen LogP contribution in [-0.4, -0.2) is 21.3 Å². The van der Waals surface area contributed by atoms with Crippen molar-refractivity contribution >= 4 is 0 Å². The predicted octanol–water partition coefficient (Wildman–Crippen LogP) is 2.12. The molecule has 0 unspecified atom stereocenters. The fraction of sp³-hybridized carbons (Fsp3) is 0.385. The monoisotopic (exact) mass is 248 g/mol. The molecule has 5 heteroatoms. The van der Waals surface area contributed by atoms with E-state index in [0.29, 0.717) is 5.56 Å². The Bertz CT molecular complexity index is 521. The van der Waals surface area contributed by atoms with Crippen molar-refractivity contribution in [2.75, 3.05) is 6.54 Å². The first-order valence-corrected chi connectivity index (χ1v) is 6.05. The number of hydrogen-bond acceptors (Lipinski definition) is 3. The van der Waals surface area contributed by atoms with E-state index in [0.717, 1.165) is 30.8 Å². The van der Waals surface area contributed by atoms with Crippen LogP contribution in [0.4, 0.5) is 4.39 Å². The number of aromatic nitrogens is 3. The number of nitrogens with one attached hydrogen (secondary N) is 1. The maximum Gasteiger partial charge on any atom is 0.142 e. The van der Waals surface area contributed by atoms with Crippen molar-refractivity contribution in [2.24, 2.45) is 7.05 Å². The van der Waals surface area contributed by atoms with Crippen LogP contribution >= 0.6 is 0 Å². The molecule has 0 fully saturated rings. The van der Waals surface area contributed by atoms with Crippen LogP contribution in [0, 0.1) is 5.82 Å². The second-order valence-electron chi connectivity index (χ2n) is 4.25. The molecule has 0 aromatic carbocycles. The maximum atomic E-state index is 13.2. The Morgan fingerprint density at radius 1 is 1.39 bits per heavy atom. The van der Waals surface area contributed by atoms with Crippen molar-refractivity contribution in [3.8, 4) is 11.3 Å². The van der Waals surface area contributed by atoms with Gasteiger partial charge in [-0.25, -0.2) is 4.39 Å². The Morgan fingerprint density at radius 3 is 2.94 bits per heavy atom. The van der Waals surface area contributed by atoms with Gasteiger partial charge in [-0.15, -0.1) is 0 Å². The van der Waals surface area contributed by atoms with E-state index in [2.05, 4.69) is 22.3 Å². The summed E-state index contributed by atoms with van der Waals surface area (Å²) in [5.41, 5.74) is 2.55. The molecule has 0 atom stereocenters. The summed E-state index contributed by atoms with van der Waals surface area (Å²) in [6.07, 6.45) is 5.86. The molecule has 2 aromatic heterocycles. The molecule has 2 heterocycles. The largest absolute Gasteiger partial charge is 0.313 e. The molecule has 0 spiro atoms. The summed E-state index contributed by atoms with van der Waals surface area (Å²) in [6, 6.07) is 1.46. The van der Waals surface area contributed by atoms with Gasteiger partial charge in [-0.3, -0.25) is 9.67 Å². The summed E-state index contributed by atoms with van der Waals surface area (Å²) in [5, 5.41) is 7.69. The van der Waals surface area contributed by atoms with Crippen molar-refractivity contribution in [2.45, 2.75) is 19.9 Å². The first kappa shape index (κ1) is 12.7. The number of nitrogens with zero attached hydrogens (tertiary/aromatic N) is 3. The van der Waals surface area contributed by atoms with Gasteiger partial charge in [-0.2, -0.15) is 5.10 Å². The van der Waals surface area contributed by atoms with Crippen LogP contribution in [0.5, 0.6) is 0 Å². The fourth-order valence-corrected chi connectivity index (χ4v) is 1.85. The van der Waals surface area contributed by atoms with Crippen LogP contribution in [0.2, 0.25) is 0 Å². The molecule has 0 aliphatic heterocycles. The van der Waals surface area contributed by atoms with Crippen molar-refractivity contribution in [1.29, 1.82) is 0 Å². The van der Waals surface area contributed by atoms with Gasteiger partial charge in [0.2, 0.25) is 0 Å². The van der Waals surface area contributed by atoms with E-state index in [1.807, 2.05) is 13.2 Å². The lowest BCUT2D eigenvalue weighted by Gasteiger charge is -2.03. The summed E-state index contributed by atoms with van der Waals surface area (Å²) in [4.78, 5) is 3.86. The molecule has 1 N–H and O–H groups in total. The first-order chi connectivity index (χ1) is 8.70. The summed E-state index contributed by atoms with van der Waals surface area (Å²) < 4.78 is 14.9. The van der Waals surface area contributed by atoms with Crippen molar-refractivity contribution in [1.82, 2.24) is 20.1 Å². The molecule has 2 aromatic rings. The first-order valence-electron chi connectivity index (χ1n) is 6.05. The highest BCUT2D eigenvalue weighted by atomic mass is 19.1. The zero-order valence-electron chi connectivity index (χ0n) is 10.7. The topological polar surface area (TPSA) is 42.7 Å². The van der Waals surface area contributed by atoms with Crippen LogP contribution in [0.15, 0.2) is 24.7 Å². The summed E-state index contributed by atoms with van der Waals surface area (Å²) >= 11 is 0. The second kappa shape index (κ2) is 5.73. The number of pyridine rings is 1. The van der Waals surface area contributed by atoms with Gasteiger partial charge >= 0.3 is 0 Å². The molecule has 2 rings (SSSR count). The highest BCUT2D eigenvalue weighted by Crippen LogP contribution is 2.21. The third-order valence-electron chi connectivity index (χ3n) is 2.63. The van der Waals surface area contributed by atoms with Gasteiger partial charge in [-0.1, -0.05) is 6.92 Å². The third-order valence-corrected chi connectivity index (χ3v) is 2.63. The Balaban J connectivity index is 2.26. The standard InChI is InChI=1S/C13H17FN4/c1-3-4-15-7-11-9-18(2)17-13(11)10-5-12(14)8-16-6-10/h5-6,8-9,15H,3-4,7H2,1-2H3. The van der Waals surface area contributed by atoms with Crippen LogP contribution in [0.1, 0.15) is 18.9 Å². The van der Waals surface area contributed by atoms with E-state index in [9.17, 15) is 4.39 Å². The molecule has 0 saturated heterocycles. The summed E-state index contributed by atoms with van der Waals surface area (Å²) in [7, 11) is 1.86.